The summed E-state index contributed by atoms with van der Waals surface area (Å²) in [5.74, 6) is 0.656. The first-order chi connectivity index (χ1) is 12.6. The number of para-hydroxylation sites is 1. The van der Waals surface area contributed by atoms with Crippen LogP contribution in [0.5, 0.6) is 5.75 Å². The predicted octanol–water partition coefficient (Wildman–Crippen LogP) is 2.19. The number of amides is 2. The van der Waals surface area contributed by atoms with E-state index in [4.69, 9.17) is 4.74 Å². The summed E-state index contributed by atoms with van der Waals surface area (Å²) in [4.78, 5) is 30.5. The van der Waals surface area contributed by atoms with Crippen molar-refractivity contribution in [3.05, 3.63) is 59.9 Å². The highest BCUT2D eigenvalue weighted by atomic mass is 16.5. The van der Waals surface area contributed by atoms with E-state index < -0.39 is 0 Å². The molecule has 136 valence electrons. The molecule has 1 aliphatic heterocycles. The summed E-state index contributed by atoms with van der Waals surface area (Å²) in [5.41, 5.74) is 1.46. The molecule has 2 heterocycles. The second-order valence-electron chi connectivity index (χ2n) is 6.40. The standard InChI is InChI=1S/C20H23N3O3/c1-15-7-8-16(13-21-15)20(25)23-11-9-17(14-23)22-19(24)10-12-26-18-5-3-2-4-6-18/h2-8,13,17H,9-12,14H2,1H3,(H,22,24)/t17-/m1/s1. The maximum Gasteiger partial charge on any atom is 0.255 e. The SMILES string of the molecule is Cc1ccc(C(=O)N2CC[C@@H](NC(=O)CCOc3ccccc3)C2)cn1. The van der Waals surface area contributed by atoms with Crippen LogP contribution in [0.25, 0.3) is 0 Å². The summed E-state index contributed by atoms with van der Waals surface area (Å²) in [7, 11) is 0. The Balaban J connectivity index is 1.41. The minimum absolute atomic E-state index is 0.0124. The van der Waals surface area contributed by atoms with Crippen molar-refractivity contribution < 1.29 is 14.3 Å². The van der Waals surface area contributed by atoms with Crippen molar-refractivity contribution >= 4 is 11.8 Å². The van der Waals surface area contributed by atoms with Crippen LogP contribution in [-0.4, -0.2) is 47.4 Å². The summed E-state index contributed by atoms with van der Waals surface area (Å²) < 4.78 is 5.54. The number of benzene rings is 1. The number of hydrogen-bond acceptors (Lipinski definition) is 4. The highest BCUT2D eigenvalue weighted by molar-refractivity contribution is 5.94. The van der Waals surface area contributed by atoms with E-state index in [9.17, 15) is 9.59 Å². The number of carbonyl (C=O) groups is 2. The molecule has 2 aromatic rings. The number of hydrogen-bond donors (Lipinski definition) is 1. The van der Waals surface area contributed by atoms with Gasteiger partial charge in [-0.2, -0.15) is 0 Å². The lowest BCUT2D eigenvalue weighted by Crippen LogP contribution is -2.38. The molecule has 0 spiro atoms. The first-order valence-electron chi connectivity index (χ1n) is 8.81. The van der Waals surface area contributed by atoms with Crippen molar-refractivity contribution in [2.75, 3.05) is 19.7 Å². The van der Waals surface area contributed by atoms with E-state index in [1.807, 2.05) is 43.3 Å². The highest BCUT2D eigenvalue weighted by Crippen LogP contribution is 2.14. The Morgan fingerprint density at radius 1 is 1.23 bits per heavy atom. The van der Waals surface area contributed by atoms with E-state index in [0.717, 1.165) is 17.9 Å². The van der Waals surface area contributed by atoms with Gasteiger partial charge in [-0.05, 0) is 37.6 Å². The highest BCUT2D eigenvalue weighted by Gasteiger charge is 2.28. The van der Waals surface area contributed by atoms with Crippen molar-refractivity contribution in [3.63, 3.8) is 0 Å². The van der Waals surface area contributed by atoms with Gasteiger partial charge in [-0.1, -0.05) is 18.2 Å². The second kappa shape index (κ2) is 8.47. The van der Waals surface area contributed by atoms with Crippen LogP contribution >= 0.6 is 0 Å². The number of carbonyl (C=O) groups excluding carboxylic acids is 2. The monoisotopic (exact) mass is 353 g/mol. The lowest BCUT2D eigenvalue weighted by atomic mass is 10.2. The summed E-state index contributed by atoms with van der Waals surface area (Å²) in [6.45, 7) is 3.38. The number of rotatable bonds is 6. The molecule has 1 atom stereocenters. The van der Waals surface area contributed by atoms with Gasteiger partial charge in [0.2, 0.25) is 5.91 Å². The Morgan fingerprint density at radius 2 is 2.04 bits per heavy atom. The van der Waals surface area contributed by atoms with E-state index in [1.165, 1.54) is 0 Å². The quantitative estimate of drug-likeness (QED) is 0.864. The van der Waals surface area contributed by atoms with Gasteiger partial charge >= 0.3 is 0 Å². The first-order valence-corrected chi connectivity index (χ1v) is 8.81. The number of nitrogens with zero attached hydrogens (tertiary/aromatic N) is 2. The molecule has 1 aliphatic rings. The lowest BCUT2D eigenvalue weighted by molar-refractivity contribution is -0.122. The molecule has 0 aliphatic carbocycles. The normalized spacial score (nSPS) is 16.3. The molecule has 1 saturated heterocycles. The van der Waals surface area contributed by atoms with Crippen LogP contribution in [0.4, 0.5) is 0 Å². The Kier molecular flexibility index (Phi) is 5.84. The molecule has 1 aromatic heterocycles. The molecular weight excluding hydrogens is 330 g/mol. The molecular formula is C20H23N3O3. The summed E-state index contributed by atoms with van der Waals surface area (Å²) in [5, 5.41) is 2.98. The zero-order chi connectivity index (χ0) is 18.4. The van der Waals surface area contributed by atoms with Crippen LogP contribution in [0.15, 0.2) is 48.7 Å². The Bertz CT molecular complexity index is 747. The molecule has 3 rings (SSSR count). The van der Waals surface area contributed by atoms with Gasteiger partial charge in [0.1, 0.15) is 5.75 Å². The maximum atomic E-state index is 12.5. The van der Waals surface area contributed by atoms with Gasteiger partial charge in [0.25, 0.3) is 5.91 Å². The van der Waals surface area contributed by atoms with Gasteiger partial charge in [0, 0.05) is 31.0 Å². The van der Waals surface area contributed by atoms with Crippen molar-refractivity contribution in [2.24, 2.45) is 0 Å². The zero-order valence-corrected chi connectivity index (χ0v) is 14.9. The maximum absolute atomic E-state index is 12.5. The van der Waals surface area contributed by atoms with E-state index in [1.54, 1.807) is 17.2 Å². The topological polar surface area (TPSA) is 71.5 Å². The van der Waals surface area contributed by atoms with Crippen molar-refractivity contribution in [1.29, 1.82) is 0 Å². The third-order valence-electron chi connectivity index (χ3n) is 4.34. The van der Waals surface area contributed by atoms with Crippen LogP contribution in [0.3, 0.4) is 0 Å². The number of ether oxygens (including phenoxy) is 1. The molecule has 6 nitrogen and oxygen atoms in total. The number of pyridine rings is 1. The number of likely N-dealkylation sites (tertiary alicyclic amines) is 1. The van der Waals surface area contributed by atoms with E-state index in [-0.39, 0.29) is 17.9 Å². The van der Waals surface area contributed by atoms with Gasteiger partial charge < -0.3 is 15.0 Å². The Hall–Kier alpha value is -2.89. The molecule has 2 amide bonds. The predicted molar refractivity (Wildman–Crippen MR) is 98.0 cm³/mol. The van der Waals surface area contributed by atoms with Gasteiger partial charge in [-0.3, -0.25) is 14.6 Å². The smallest absolute Gasteiger partial charge is 0.255 e. The van der Waals surface area contributed by atoms with Crippen LogP contribution in [0.1, 0.15) is 28.9 Å². The Morgan fingerprint density at radius 3 is 2.77 bits per heavy atom. The van der Waals surface area contributed by atoms with Crippen molar-refractivity contribution in [1.82, 2.24) is 15.2 Å². The van der Waals surface area contributed by atoms with Crippen LogP contribution in [0, 0.1) is 6.92 Å². The van der Waals surface area contributed by atoms with Crippen LogP contribution in [0.2, 0.25) is 0 Å². The fraction of sp³-hybridized carbons (Fsp3) is 0.350. The molecule has 0 radical (unpaired) electrons. The minimum Gasteiger partial charge on any atom is -0.493 e. The molecule has 0 bridgehead atoms. The summed E-state index contributed by atoms with van der Waals surface area (Å²) in [6.07, 6.45) is 2.65. The average molecular weight is 353 g/mol. The molecule has 26 heavy (non-hydrogen) atoms. The number of aromatic nitrogens is 1. The van der Waals surface area contributed by atoms with E-state index in [0.29, 0.717) is 31.7 Å². The molecule has 0 saturated carbocycles. The number of aryl methyl sites for hydroxylation is 1. The van der Waals surface area contributed by atoms with Crippen molar-refractivity contribution in [3.8, 4) is 5.75 Å². The molecule has 1 fully saturated rings. The minimum atomic E-state index is -0.0581. The molecule has 0 unspecified atom stereocenters. The summed E-state index contributed by atoms with van der Waals surface area (Å²) in [6, 6.07) is 13.0. The molecule has 1 N–H and O–H groups in total. The van der Waals surface area contributed by atoms with E-state index in [2.05, 4.69) is 10.3 Å². The number of nitrogens with one attached hydrogen (secondary N) is 1. The van der Waals surface area contributed by atoms with Gasteiger partial charge in [0.05, 0.1) is 18.6 Å². The third-order valence-corrected chi connectivity index (χ3v) is 4.34. The van der Waals surface area contributed by atoms with Crippen LogP contribution < -0.4 is 10.1 Å². The second-order valence-corrected chi connectivity index (χ2v) is 6.40. The largest absolute Gasteiger partial charge is 0.493 e. The summed E-state index contributed by atoms with van der Waals surface area (Å²) >= 11 is 0. The van der Waals surface area contributed by atoms with Crippen molar-refractivity contribution in [2.45, 2.75) is 25.8 Å². The third kappa shape index (κ3) is 4.81. The van der Waals surface area contributed by atoms with E-state index >= 15 is 0 Å². The molecule has 1 aromatic carbocycles. The average Bonchev–Trinajstić information content (AvgIpc) is 3.11. The molecule has 6 heteroatoms. The Labute approximate surface area is 153 Å². The van der Waals surface area contributed by atoms with Gasteiger partial charge in [-0.15, -0.1) is 0 Å². The zero-order valence-electron chi connectivity index (χ0n) is 14.9. The van der Waals surface area contributed by atoms with Gasteiger partial charge in [0.15, 0.2) is 0 Å². The fourth-order valence-corrected chi connectivity index (χ4v) is 2.92. The first kappa shape index (κ1) is 17.9. The van der Waals surface area contributed by atoms with Crippen LogP contribution in [-0.2, 0) is 4.79 Å². The van der Waals surface area contributed by atoms with Gasteiger partial charge in [-0.25, -0.2) is 0 Å². The fourth-order valence-electron chi connectivity index (χ4n) is 2.92. The lowest BCUT2D eigenvalue weighted by Gasteiger charge is -2.17.